The Kier molecular flexibility index (Phi) is 3.63. The summed E-state index contributed by atoms with van der Waals surface area (Å²) in [5, 5.41) is 10.4. The summed E-state index contributed by atoms with van der Waals surface area (Å²) < 4.78 is 5.27. The molecule has 2 rings (SSSR count). The van der Waals surface area contributed by atoms with Gasteiger partial charge in [0.05, 0.1) is 7.11 Å². The highest BCUT2D eigenvalue weighted by molar-refractivity contribution is 5.44. The van der Waals surface area contributed by atoms with Crippen LogP contribution in [0.5, 0.6) is 5.75 Å². The van der Waals surface area contributed by atoms with Crippen LogP contribution in [0, 0.1) is 13.8 Å². The smallest absolute Gasteiger partial charge is 0.122 e. The standard InChI is InChI=1S/C15H17NO2/c1-10-8-14(18-3)11(2)7-13(10)15(17)12-5-4-6-16-9-12/h4-9,15,17H,1-3H3. The molecule has 1 aromatic heterocycles. The van der Waals surface area contributed by atoms with Crippen molar-refractivity contribution in [2.24, 2.45) is 0 Å². The van der Waals surface area contributed by atoms with Gasteiger partial charge in [0, 0.05) is 18.0 Å². The molecule has 18 heavy (non-hydrogen) atoms. The van der Waals surface area contributed by atoms with Gasteiger partial charge in [-0.15, -0.1) is 0 Å². The Hall–Kier alpha value is -1.87. The monoisotopic (exact) mass is 243 g/mol. The highest BCUT2D eigenvalue weighted by Gasteiger charge is 2.15. The molecule has 0 saturated carbocycles. The van der Waals surface area contributed by atoms with Gasteiger partial charge in [0.1, 0.15) is 11.9 Å². The number of nitrogens with zero attached hydrogens (tertiary/aromatic N) is 1. The van der Waals surface area contributed by atoms with Crippen LogP contribution < -0.4 is 4.74 Å². The Bertz CT molecular complexity index is 538. The molecule has 0 radical (unpaired) electrons. The minimum Gasteiger partial charge on any atom is -0.496 e. The van der Waals surface area contributed by atoms with Crippen LogP contribution >= 0.6 is 0 Å². The molecular weight excluding hydrogens is 226 g/mol. The lowest BCUT2D eigenvalue weighted by molar-refractivity contribution is 0.219. The zero-order valence-electron chi connectivity index (χ0n) is 10.8. The van der Waals surface area contributed by atoms with Crippen molar-refractivity contribution in [3.8, 4) is 5.75 Å². The number of aliphatic hydroxyl groups is 1. The minimum absolute atomic E-state index is 0.650. The quantitative estimate of drug-likeness (QED) is 0.901. The van der Waals surface area contributed by atoms with E-state index < -0.39 is 6.10 Å². The molecule has 1 atom stereocenters. The molecule has 0 bridgehead atoms. The number of hydrogen-bond donors (Lipinski definition) is 1. The summed E-state index contributed by atoms with van der Waals surface area (Å²) in [6.07, 6.45) is 2.73. The maximum Gasteiger partial charge on any atom is 0.122 e. The number of hydrogen-bond acceptors (Lipinski definition) is 3. The maximum absolute atomic E-state index is 10.4. The average Bonchev–Trinajstić information content (AvgIpc) is 2.41. The van der Waals surface area contributed by atoms with Crippen molar-refractivity contribution in [1.82, 2.24) is 4.98 Å². The zero-order valence-corrected chi connectivity index (χ0v) is 10.8. The van der Waals surface area contributed by atoms with Gasteiger partial charge in [-0.2, -0.15) is 0 Å². The predicted molar refractivity (Wildman–Crippen MR) is 70.8 cm³/mol. The van der Waals surface area contributed by atoms with E-state index in [9.17, 15) is 5.11 Å². The van der Waals surface area contributed by atoms with Crippen molar-refractivity contribution >= 4 is 0 Å². The molecule has 2 aromatic rings. The zero-order chi connectivity index (χ0) is 13.1. The van der Waals surface area contributed by atoms with Crippen LogP contribution in [0.3, 0.4) is 0 Å². The summed E-state index contributed by atoms with van der Waals surface area (Å²) in [5.74, 6) is 0.842. The van der Waals surface area contributed by atoms with E-state index in [4.69, 9.17) is 4.74 Å². The lowest BCUT2D eigenvalue weighted by atomic mass is 9.96. The van der Waals surface area contributed by atoms with E-state index in [0.29, 0.717) is 0 Å². The van der Waals surface area contributed by atoms with Crippen molar-refractivity contribution in [1.29, 1.82) is 0 Å². The normalized spacial score (nSPS) is 12.2. The highest BCUT2D eigenvalue weighted by Crippen LogP contribution is 2.29. The first kappa shape index (κ1) is 12.6. The molecule has 0 amide bonds. The fourth-order valence-corrected chi connectivity index (χ4v) is 2.04. The second-order valence-corrected chi connectivity index (χ2v) is 4.37. The summed E-state index contributed by atoms with van der Waals surface area (Å²) in [7, 11) is 1.65. The minimum atomic E-state index is -0.650. The number of pyridine rings is 1. The van der Waals surface area contributed by atoms with Crippen molar-refractivity contribution < 1.29 is 9.84 Å². The van der Waals surface area contributed by atoms with E-state index in [1.54, 1.807) is 19.5 Å². The van der Waals surface area contributed by atoms with E-state index in [0.717, 1.165) is 28.0 Å². The SMILES string of the molecule is COc1cc(C)c(C(O)c2cccnc2)cc1C. The molecule has 0 aliphatic carbocycles. The van der Waals surface area contributed by atoms with Crippen LogP contribution in [-0.4, -0.2) is 17.2 Å². The number of aliphatic hydroxyl groups excluding tert-OH is 1. The van der Waals surface area contributed by atoms with Gasteiger partial charge in [-0.25, -0.2) is 0 Å². The van der Waals surface area contributed by atoms with Crippen LogP contribution in [-0.2, 0) is 0 Å². The first-order valence-electron chi connectivity index (χ1n) is 5.86. The summed E-state index contributed by atoms with van der Waals surface area (Å²) in [6.45, 7) is 3.94. The van der Waals surface area contributed by atoms with Crippen molar-refractivity contribution in [3.63, 3.8) is 0 Å². The maximum atomic E-state index is 10.4. The number of aryl methyl sites for hydroxylation is 2. The molecule has 1 N–H and O–H groups in total. The lowest BCUT2D eigenvalue weighted by Crippen LogP contribution is -2.03. The fourth-order valence-electron chi connectivity index (χ4n) is 2.04. The van der Waals surface area contributed by atoms with Gasteiger partial charge in [-0.3, -0.25) is 4.98 Å². The van der Waals surface area contributed by atoms with E-state index >= 15 is 0 Å². The van der Waals surface area contributed by atoms with Crippen molar-refractivity contribution in [3.05, 3.63) is 58.9 Å². The molecule has 3 heteroatoms. The average molecular weight is 243 g/mol. The van der Waals surface area contributed by atoms with E-state index in [1.165, 1.54) is 0 Å². The summed E-state index contributed by atoms with van der Waals surface area (Å²) in [4.78, 5) is 4.03. The van der Waals surface area contributed by atoms with E-state index in [2.05, 4.69) is 4.98 Å². The van der Waals surface area contributed by atoms with Crippen LogP contribution in [0.1, 0.15) is 28.4 Å². The Morgan fingerprint density at radius 1 is 1.22 bits per heavy atom. The fraction of sp³-hybridized carbons (Fsp3) is 0.267. The van der Waals surface area contributed by atoms with Gasteiger partial charge in [0.15, 0.2) is 0 Å². The first-order chi connectivity index (χ1) is 8.63. The molecule has 3 nitrogen and oxygen atoms in total. The largest absolute Gasteiger partial charge is 0.496 e. The number of methoxy groups -OCH3 is 1. The molecule has 0 fully saturated rings. The number of aromatic nitrogens is 1. The molecule has 0 aliphatic rings. The van der Waals surface area contributed by atoms with E-state index in [1.807, 2.05) is 38.1 Å². The molecule has 0 aliphatic heterocycles. The Labute approximate surface area is 107 Å². The molecule has 1 heterocycles. The predicted octanol–water partition coefficient (Wildman–Crippen LogP) is 2.79. The molecule has 1 unspecified atom stereocenters. The van der Waals surface area contributed by atoms with Crippen LogP contribution in [0.2, 0.25) is 0 Å². The lowest BCUT2D eigenvalue weighted by Gasteiger charge is -2.16. The van der Waals surface area contributed by atoms with Crippen LogP contribution in [0.25, 0.3) is 0 Å². The van der Waals surface area contributed by atoms with Crippen molar-refractivity contribution in [2.75, 3.05) is 7.11 Å². The van der Waals surface area contributed by atoms with Gasteiger partial charge in [-0.05, 0) is 48.7 Å². The summed E-state index contributed by atoms with van der Waals surface area (Å²) in [5.41, 5.74) is 3.71. The molecule has 0 spiro atoms. The van der Waals surface area contributed by atoms with Crippen LogP contribution in [0.4, 0.5) is 0 Å². The van der Waals surface area contributed by atoms with E-state index in [-0.39, 0.29) is 0 Å². The Morgan fingerprint density at radius 3 is 2.61 bits per heavy atom. The summed E-state index contributed by atoms with van der Waals surface area (Å²) >= 11 is 0. The number of benzene rings is 1. The van der Waals surface area contributed by atoms with Gasteiger partial charge in [0.2, 0.25) is 0 Å². The number of ether oxygens (including phenoxy) is 1. The molecular formula is C15H17NO2. The van der Waals surface area contributed by atoms with Gasteiger partial charge < -0.3 is 9.84 Å². The summed E-state index contributed by atoms with van der Waals surface area (Å²) in [6, 6.07) is 7.61. The Morgan fingerprint density at radius 2 is 2.00 bits per heavy atom. The van der Waals surface area contributed by atoms with Crippen molar-refractivity contribution in [2.45, 2.75) is 20.0 Å². The second-order valence-electron chi connectivity index (χ2n) is 4.37. The topological polar surface area (TPSA) is 42.4 Å². The highest BCUT2D eigenvalue weighted by atomic mass is 16.5. The first-order valence-corrected chi connectivity index (χ1v) is 5.86. The number of rotatable bonds is 3. The van der Waals surface area contributed by atoms with Gasteiger partial charge in [-0.1, -0.05) is 6.07 Å². The van der Waals surface area contributed by atoms with Crippen LogP contribution in [0.15, 0.2) is 36.7 Å². The third-order valence-corrected chi connectivity index (χ3v) is 3.08. The molecule has 1 aromatic carbocycles. The second kappa shape index (κ2) is 5.19. The third kappa shape index (κ3) is 2.36. The Balaban J connectivity index is 2.43. The van der Waals surface area contributed by atoms with Gasteiger partial charge in [0.25, 0.3) is 0 Å². The third-order valence-electron chi connectivity index (χ3n) is 3.08. The molecule has 0 saturated heterocycles. The van der Waals surface area contributed by atoms with Gasteiger partial charge >= 0.3 is 0 Å². The molecule has 94 valence electrons.